The lowest BCUT2D eigenvalue weighted by Gasteiger charge is -2.16. The molecule has 0 radical (unpaired) electrons. The number of aliphatic hydroxyl groups excluding tert-OH is 1. The molecule has 1 amide bonds. The van der Waals surface area contributed by atoms with Crippen molar-refractivity contribution in [2.24, 2.45) is 0 Å². The second-order valence-corrected chi connectivity index (χ2v) is 6.53. The number of benzene rings is 1. The Bertz CT molecular complexity index is 806. The molecule has 0 fully saturated rings. The van der Waals surface area contributed by atoms with E-state index in [9.17, 15) is 9.90 Å². The number of hydrogen-bond donors (Lipinski definition) is 2. The molecule has 6 heteroatoms. The van der Waals surface area contributed by atoms with Crippen molar-refractivity contribution in [2.45, 2.75) is 18.9 Å². The fourth-order valence-corrected chi connectivity index (χ4v) is 3.29. The Kier molecular flexibility index (Phi) is 5.87. The molecule has 5 nitrogen and oxygen atoms in total. The fraction of sp³-hybridized carbons (Fsp3) is 0.211. The van der Waals surface area contributed by atoms with E-state index in [4.69, 9.17) is 0 Å². The number of thiazole rings is 1. The number of nitrogens with zero attached hydrogens (tertiary/aromatic N) is 2. The summed E-state index contributed by atoms with van der Waals surface area (Å²) < 4.78 is 0. The van der Waals surface area contributed by atoms with E-state index in [2.05, 4.69) is 15.3 Å². The summed E-state index contributed by atoms with van der Waals surface area (Å²) in [4.78, 5) is 21.0. The lowest BCUT2D eigenvalue weighted by atomic mass is 10.1. The molecule has 0 aliphatic heterocycles. The molecule has 1 atom stereocenters. The van der Waals surface area contributed by atoms with Crippen LogP contribution in [0, 0.1) is 0 Å². The van der Waals surface area contributed by atoms with E-state index in [0.717, 1.165) is 16.3 Å². The molecule has 3 aromatic rings. The summed E-state index contributed by atoms with van der Waals surface area (Å²) in [5.41, 5.74) is 2.59. The smallest absolute Gasteiger partial charge is 0.226 e. The highest BCUT2D eigenvalue weighted by Gasteiger charge is 2.14. The summed E-state index contributed by atoms with van der Waals surface area (Å²) in [5.74, 6) is -0.146. The third kappa shape index (κ3) is 4.95. The Morgan fingerprint density at radius 2 is 1.96 bits per heavy atom. The number of nitrogens with one attached hydrogen (secondary N) is 1. The molecule has 128 valence electrons. The van der Waals surface area contributed by atoms with E-state index in [0.29, 0.717) is 12.1 Å². The molecule has 2 aromatic heterocycles. The highest BCUT2D eigenvalue weighted by Crippen LogP contribution is 2.21. The predicted molar refractivity (Wildman–Crippen MR) is 98.2 cm³/mol. The van der Waals surface area contributed by atoms with Gasteiger partial charge in [0.1, 0.15) is 5.01 Å². The van der Waals surface area contributed by atoms with Crippen molar-refractivity contribution in [1.82, 2.24) is 15.3 Å². The van der Waals surface area contributed by atoms with E-state index >= 15 is 0 Å². The molecule has 0 saturated heterocycles. The average Bonchev–Trinajstić information content (AvgIpc) is 3.11. The summed E-state index contributed by atoms with van der Waals surface area (Å²) >= 11 is 1.47. The Hall–Kier alpha value is -2.57. The molecule has 0 saturated carbocycles. The zero-order valence-electron chi connectivity index (χ0n) is 13.6. The summed E-state index contributed by atoms with van der Waals surface area (Å²) in [7, 11) is 0. The number of hydrogen-bond acceptors (Lipinski definition) is 5. The van der Waals surface area contributed by atoms with Crippen LogP contribution in [0.5, 0.6) is 0 Å². The van der Waals surface area contributed by atoms with Gasteiger partial charge in [-0.3, -0.25) is 9.78 Å². The molecule has 0 bridgehead atoms. The number of aliphatic hydroxyl groups is 1. The van der Waals surface area contributed by atoms with E-state index in [1.54, 1.807) is 6.20 Å². The molecule has 0 aliphatic carbocycles. The molecule has 0 unspecified atom stereocenters. The molecule has 1 aromatic carbocycles. The summed E-state index contributed by atoms with van der Waals surface area (Å²) in [5, 5.41) is 15.1. The molecule has 2 N–H and O–H groups in total. The first-order valence-electron chi connectivity index (χ1n) is 8.04. The largest absolute Gasteiger partial charge is 0.394 e. The molecular formula is C19H19N3O2S. The Morgan fingerprint density at radius 1 is 1.16 bits per heavy atom. The van der Waals surface area contributed by atoms with E-state index in [-0.39, 0.29) is 25.0 Å². The molecule has 2 heterocycles. The van der Waals surface area contributed by atoms with Crippen LogP contribution >= 0.6 is 11.3 Å². The molecule has 25 heavy (non-hydrogen) atoms. The van der Waals surface area contributed by atoms with Crippen molar-refractivity contribution in [3.63, 3.8) is 0 Å². The monoisotopic (exact) mass is 353 g/mol. The number of pyridine rings is 1. The third-order valence-corrected chi connectivity index (χ3v) is 4.60. The van der Waals surface area contributed by atoms with Crippen LogP contribution < -0.4 is 5.32 Å². The standard InChI is InChI=1S/C19H19N3O2S/c23-12-15(10-14-6-2-1-3-7-14)21-18(24)11-16-13-25-19(22-16)17-8-4-5-9-20-17/h1-9,13,15,23H,10-12H2,(H,21,24)/t15-/m1/s1. The van der Waals surface area contributed by atoms with Crippen LogP contribution in [0.4, 0.5) is 0 Å². The number of carbonyl (C=O) groups is 1. The van der Waals surface area contributed by atoms with Crippen LogP contribution in [0.15, 0.2) is 60.1 Å². The normalized spacial score (nSPS) is 11.9. The first kappa shape index (κ1) is 17.3. The van der Waals surface area contributed by atoms with Gasteiger partial charge in [-0.1, -0.05) is 36.4 Å². The highest BCUT2D eigenvalue weighted by atomic mass is 32.1. The van der Waals surface area contributed by atoms with Crippen LogP contribution in [0.25, 0.3) is 10.7 Å². The lowest BCUT2D eigenvalue weighted by molar-refractivity contribution is -0.121. The Morgan fingerprint density at radius 3 is 2.68 bits per heavy atom. The maximum atomic E-state index is 12.2. The lowest BCUT2D eigenvalue weighted by Crippen LogP contribution is -2.39. The molecule has 0 spiro atoms. The van der Waals surface area contributed by atoms with Gasteiger partial charge in [-0.15, -0.1) is 11.3 Å². The minimum Gasteiger partial charge on any atom is -0.394 e. The quantitative estimate of drug-likeness (QED) is 0.684. The maximum absolute atomic E-state index is 12.2. The van der Waals surface area contributed by atoms with Gasteiger partial charge in [-0.2, -0.15) is 0 Å². The van der Waals surface area contributed by atoms with Crippen molar-refractivity contribution >= 4 is 17.2 Å². The number of carbonyl (C=O) groups excluding carboxylic acids is 1. The van der Waals surface area contributed by atoms with Gasteiger partial charge in [0.25, 0.3) is 0 Å². The van der Waals surface area contributed by atoms with E-state index in [1.165, 1.54) is 11.3 Å². The summed E-state index contributed by atoms with van der Waals surface area (Å²) in [6, 6.07) is 15.1. The number of aromatic nitrogens is 2. The van der Waals surface area contributed by atoms with E-state index in [1.807, 2.05) is 53.9 Å². The van der Waals surface area contributed by atoms with Gasteiger partial charge in [0, 0.05) is 11.6 Å². The van der Waals surface area contributed by atoms with Crippen molar-refractivity contribution in [3.05, 3.63) is 71.4 Å². The minimum atomic E-state index is -0.302. The topological polar surface area (TPSA) is 75.1 Å². The summed E-state index contributed by atoms with van der Waals surface area (Å²) in [6.07, 6.45) is 2.51. The van der Waals surface area contributed by atoms with Crippen molar-refractivity contribution in [3.8, 4) is 10.7 Å². The van der Waals surface area contributed by atoms with Gasteiger partial charge >= 0.3 is 0 Å². The Labute approximate surface area is 150 Å². The first-order valence-corrected chi connectivity index (χ1v) is 8.92. The molecule has 3 rings (SSSR count). The van der Waals surface area contributed by atoms with Crippen molar-refractivity contribution in [1.29, 1.82) is 0 Å². The van der Waals surface area contributed by atoms with Crippen LogP contribution in [0.3, 0.4) is 0 Å². The second-order valence-electron chi connectivity index (χ2n) is 5.67. The number of amides is 1. The molecule has 0 aliphatic rings. The molecular weight excluding hydrogens is 334 g/mol. The van der Waals surface area contributed by atoms with Crippen molar-refractivity contribution < 1.29 is 9.90 Å². The van der Waals surface area contributed by atoms with Gasteiger partial charge in [-0.05, 0) is 24.1 Å². The average molecular weight is 353 g/mol. The van der Waals surface area contributed by atoms with Crippen LogP contribution in [0.1, 0.15) is 11.3 Å². The zero-order chi connectivity index (χ0) is 17.5. The first-order chi connectivity index (χ1) is 12.2. The van der Waals surface area contributed by atoms with Crippen LogP contribution in [-0.2, 0) is 17.6 Å². The van der Waals surface area contributed by atoms with Gasteiger partial charge in [-0.25, -0.2) is 4.98 Å². The van der Waals surface area contributed by atoms with Gasteiger partial charge in [0.05, 0.1) is 30.5 Å². The van der Waals surface area contributed by atoms with Gasteiger partial charge < -0.3 is 10.4 Å². The highest BCUT2D eigenvalue weighted by molar-refractivity contribution is 7.13. The van der Waals surface area contributed by atoms with Crippen molar-refractivity contribution in [2.75, 3.05) is 6.61 Å². The SMILES string of the molecule is O=C(Cc1csc(-c2ccccn2)n1)N[C@@H](CO)Cc1ccccc1. The van der Waals surface area contributed by atoms with Gasteiger partial charge in [0.2, 0.25) is 5.91 Å². The van der Waals surface area contributed by atoms with Gasteiger partial charge in [0.15, 0.2) is 0 Å². The summed E-state index contributed by atoms with van der Waals surface area (Å²) in [6.45, 7) is -0.100. The van der Waals surface area contributed by atoms with E-state index < -0.39 is 0 Å². The maximum Gasteiger partial charge on any atom is 0.226 e. The zero-order valence-corrected chi connectivity index (χ0v) is 14.4. The number of rotatable bonds is 7. The minimum absolute atomic E-state index is 0.100. The third-order valence-electron chi connectivity index (χ3n) is 3.69. The predicted octanol–water partition coefficient (Wildman–Crippen LogP) is 2.47. The van der Waals surface area contributed by atoms with Crippen LogP contribution in [0.2, 0.25) is 0 Å². The second kappa shape index (κ2) is 8.50. The van der Waals surface area contributed by atoms with Crippen LogP contribution in [-0.4, -0.2) is 33.6 Å². The fourth-order valence-electron chi connectivity index (χ4n) is 2.50. The Balaban J connectivity index is 1.57.